The number of aromatic nitrogens is 5. The van der Waals surface area contributed by atoms with Crippen LogP contribution in [0.25, 0.3) is 11.2 Å². The van der Waals surface area contributed by atoms with Gasteiger partial charge in [-0.25, -0.2) is 24.3 Å². The van der Waals surface area contributed by atoms with Gasteiger partial charge in [0.25, 0.3) is 5.91 Å². The van der Waals surface area contributed by atoms with E-state index >= 15 is 0 Å². The Balaban J connectivity index is 1.22. The second kappa shape index (κ2) is 12.2. The highest BCUT2D eigenvalue weighted by Gasteiger charge is 2.67. The lowest BCUT2D eigenvalue weighted by Gasteiger charge is -2.27. The number of hydrogen-bond donors (Lipinski definition) is 7. The monoisotopic (exact) mass is 705 g/mol. The van der Waals surface area contributed by atoms with Gasteiger partial charge in [0.1, 0.15) is 59.2 Å². The molecule has 4 unspecified atom stereocenters. The molecule has 3 aromatic rings. The van der Waals surface area contributed by atoms with Crippen LogP contribution >= 0.6 is 26.5 Å². The van der Waals surface area contributed by atoms with Gasteiger partial charge in [-0.15, -0.1) is 11.3 Å². The molecule has 45 heavy (non-hydrogen) atoms. The average Bonchev–Trinajstić information content (AvgIpc) is 3.75. The topological polar surface area (TPSA) is 298 Å². The summed E-state index contributed by atoms with van der Waals surface area (Å²) in [4.78, 5) is 46.5. The lowest BCUT2D eigenvalue weighted by molar-refractivity contribution is -0.0465. The van der Waals surface area contributed by atoms with Crippen LogP contribution in [-0.2, 0) is 27.7 Å². The highest BCUT2D eigenvalue weighted by molar-refractivity contribution is 7.72. The van der Waals surface area contributed by atoms with Crippen molar-refractivity contribution >= 4 is 49.4 Å². The number of amides is 1. The highest BCUT2D eigenvalue weighted by Crippen LogP contribution is 2.75. The third-order valence-corrected chi connectivity index (χ3v) is 11.6. The Morgan fingerprint density at radius 3 is 2.27 bits per heavy atom. The Morgan fingerprint density at radius 1 is 1.04 bits per heavy atom. The third-order valence-electron chi connectivity index (χ3n) is 6.84. The van der Waals surface area contributed by atoms with E-state index in [1.54, 1.807) is 0 Å². The molecule has 0 saturated carbocycles. The number of ether oxygens (including phenoxy) is 2. The van der Waals surface area contributed by atoms with Crippen molar-refractivity contribution in [2.75, 3.05) is 18.9 Å². The Bertz CT molecular complexity index is 1680. The molecule has 25 heteroatoms. The van der Waals surface area contributed by atoms with Crippen LogP contribution in [0.3, 0.4) is 0 Å². The van der Waals surface area contributed by atoms with Crippen molar-refractivity contribution in [1.29, 1.82) is 0 Å². The van der Waals surface area contributed by atoms with Crippen LogP contribution in [0.1, 0.15) is 27.8 Å². The van der Waals surface area contributed by atoms with Crippen LogP contribution in [0.5, 0.6) is 0 Å². The second-order valence-electron chi connectivity index (χ2n) is 9.74. The Morgan fingerprint density at radius 2 is 1.67 bits per heavy atom. The van der Waals surface area contributed by atoms with Gasteiger partial charge in [0.15, 0.2) is 23.9 Å². The number of primary amides is 1. The molecule has 0 aromatic carbocycles. The summed E-state index contributed by atoms with van der Waals surface area (Å²) in [5.41, 5.74) is 10.6. The molecule has 2 fully saturated rings. The molecule has 5 heterocycles. The smallest absolute Gasteiger partial charge is 0.387 e. The molecule has 0 spiro atoms. The summed E-state index contributed by atoms with van der Waals surface area (Å²) in [6, 6.07) is 0. The first-order valence-electron chi connectivity index (χ1n) is 12.5. The van der Waals surface area contributed by atoms with E-state index < -0.39 is 88.7 Å². The van der Waals surface area contributed by atoms with Crippen LogP contribution in [0.2, 0.25) is 0 Å². The molecule has 2 aliphatic heterocycles. The summed E-state index contributed by atoms with van der Waals surface area (Å²) in [5, 5.41) is 26.4. The SMILES string of the molecule is NC(=O)c1csc(C2O[C@H](COP(=O)(O)C(F)(F)P(=O)(O)OC[C@@H]3OC(n4cnc5c(N)ncnc54)[C@H](F)[C@H]3O)[C@@H](O)[C@H]2O)n1. The Kier molecular flexibility index (Phi) is 9.12. The van der Waals surface area contributed by atoms with Gasteiger partial charge in [-0.05, 0) is 0 Å². The number of carbonyl (C=O) groups is 1. The molecule has 5 rings (SSSR count). The van der Waals surface area contributed by atoms with Gasteiger partial charge in [-0.1, -0.05) is 0 Å². The maximum Gasteiger partial charge on any atom is 0.443 e. The first kappa shape index (κ1) is 33.7. The van der Waals surface area contributed by atoms with Crippen LogP contribution < -0.4 is 11.5 Å². The van der Waals surface area contributed by atoms with Gasteiger partial charge >= 0.3 is 20.6 Å². The summed E-state index contributed by atoms with van der Waals surface area (Å²) >= 11 is 0.804. The zero-order valence-electron chi connectivity index (χ0n) is 22.2. The minimum Gasteiger partial charge on any atom is -0.387 e. The van der Waals surface area contributed by atoms with Crippen molar-refractivity contribution in [2.24, 2.45) is 5.73 Å². The number of anilines is 1. The number of rotatable bonds is 11. The molecule has 0 bridgehead atoms. The van der Waals surface area contributed by atoms with E-state index in [1.807, 2.05) is 0 Å². The molecule has 3 aromatic heterocycles. The number of nitrogen functional groups attached to an aromatic ring is 1. The fourth-order valence-corrected chi connectivity index (χ4v) is 7.92. The first-order chi connectivity index (χ1) is 21.0. The predicted molar refractivity (Wildman–Crippen MR) is 141 cm³/mol. The van der Waals surface area contributed by atoms with Crippen molar-refractivity contribution in [3.63, 3.8) is 0 Å². The first-order valence-corrected chi connectivity index (χ1v) is 16.5. The molecule has 0 aliphatic carbocycles. The third kappa shape index (κ3) is 5.99. The van der Waals surface area contributed by atoms with Crippen molar-refractivity contribution in [1.82, 2.24) is 24.5 Å². The van der Waals surface area contributed by atoms with E-state index in [4.69, 9.17) is 20.9 Å². The summed E-state index contributed by atoms with van der Waals surface area (Å²) in [6.45, 7) is -2.65. The average molecular weight is 705 g/mol. The van der Waals surface area contributed by atoms with E-state index in [0.717, 1.165) is 28.6 Å². The zero-order valence-corrected chi connectivity index (χ0v) is 24.8. The molecule has 19 nitrogen and oxygen atoms in total. The standard InChI is InChI=1S/C20H24F3N7O12P2S/c21-9-11(31)7(42-19(9)30-5-28-10-15(24)26-4-27-17(10)30)1-39-43(35,36)20(22,23)44(37,38)40-2-8-12(32)13(33)14(41-8)18-29-6(3-45-18)16(25)34/h3-5,7-9,11-14,19,31-33H,1-2H2,(H2,25,34)(H,35,36)(H,37,38)(H2,24,26,27)/t7-,8+,9+,11-,12+,13+,14?,19?/m0/s1. The fourth-order valence-electron chi connectivity index (χ4n) is 4.41. The molecule has 10 atom stereocenters. The largest absolute Gasteiger partial charge is 0.443 e. The van der Waals surface area contributed by atoms with Crippen LogP contribution in [-0.4, -0.2) is 111 Å². The number of halogens is 3. The number of carbonyl (C=O) groups excluding carboxylic acids is 1. The van der Waals surface area contributed by atoms with Gasteiger partial charge in [-0.2, -0.15) is 8.78 Å². The minimum atomic E-state index is -6.44. The Labute approximate surface area is 252 Å². The van der Waals surface area contributed by atoms with Gasteiger partial charge in [0, 0.05) is 5.38 Å². The van der Waals surface area contributed by atoms with E-state index in [9.17, 15) is 52.2 Å². The number of aliphatic hydroxyl groups is 3. The Hall–Kier alpha value is -2.66. The quantitative estimate of drug-likeness (QED) is 0.122. The molecule has 1 amide bonds. The number of alkyl halides is 3. The predicted octanol–water partition coefficient (Wildman–Crippen LogP) is -0.624. The lowest BCUT2D eigenvalue weighted by atomic mass is 10.1. The zero-order chi connectivity index (χ0) is 33.1. The molecule has 2 saturated heterocycles. The number of nitrogens with two attached hydrogens (primary N) is 2. The van der Waals surface area contributed by atoms with E-state index in [-0.39, 0.29) is 27.7 Å². The maximum atomic E-state index is 14.9. The number of hydrogen-bond acceptors (Lipinski definition) is 16. The van der Waals surface area contributed by atoms with Crippen LogP contribution in [0.15, 0.2) is 18.0 Å². The van der Waals surface area contributed by atoms with Gasteiger partial charge in [-0.3, -0.25) is 18.5 Å². The normalized spacial score (nSPS) is 31.6. The number of fused-ring (bicyclic) bond motifs is 1. The molecule has 9 N–H and O–H groups in total. The molecule has 0 radical (unpaired) electrons. The number of nitrogens with zero attached hydrogens (tertiary/aromatic N) is 5. The van der Waals surface area contributed by atoms with Crippen molar-refractivity contribution in [3.8, 4) is 0 Å². The summed E-state index contributed by atoms with van der Waals surface area (Å²) in [6.07, 6.45) is -12.5. The van der Waals surface area contributed by atoms with E-state index in [2.05, 4.69) is 29.0 Å². The van der Waals surface area contributed by atoms with Gasteiger partial charge < -0.3 is 55.1 Å². The summed E-state index contributed by atoms with van der Waals surface area (Å²) in [5.74, 6) is -0.967. The van der Waals surface area contributed by atoms with E-state index in [0.29, 0.717) is 0 Å². The summed E-state index contributed by atoms with van der Waals surface area (Å²) < 4.78 is 90.0. The summed E-state index contributed by atoms with van der Waals surface area (Å²) in [7, 11) is -12.9. The fraction of sp³-hybridized carbons (Fsp3) is 0.550. The number of aliphatic hydroxyl groups excluding tert-OH is 3. The molecular formula is C20H24F3N7O12P2S. The second-order valence-corrected chi connectivity index (χ2v) is 14.7. The van der Waals surface area contributed by atoms with Crippen molar-refractivity contribution in [2.45, 2.75) is 54.4 Å². The molecule has 2 aliphatic rings. The molecular weight excluding hydrogens is 681 g/mol. The number of thiazole rings is 1. The van der Waals surface area contributed by atoms with Crippen LogP contribution in [0.4, 0.5) is 19.0 Å². The van der Waals surface area contributed by atoms with Crippen molar-refractivity contribution < 1.29 is 70.7 Å². The van der Waals surface area contributed by atoms with Gasteiger partial charge in [0.05, 0.1) is 19.5 Å². The van der Waals surface area contributed by atoms with Crippen LogP contribution in [0, 0.1) is 0 Å². The van der Waals surface area contributed by atoms with E-state index in [1.165, 1.54) is 5.38 Å². The number of imidazole rings is 1. The molecule has 248 valence electrons. The lowest BCUT2D eigenvalue weighted by Crippen LogP contribution is -2.34. The van der Waals surface area contributed by atoms with Gasteiger partial charge in [0.2, 0.25) is 0 Å². The van der Waals surface area contributed by atoms with Crippen molar-refractivity contribution in [3.05, 3.63) is 28.7 Å². The minimum absolute atomic E-state index is 0.0149. The highest BCUT2D eigenvalue weighted by atomic mass is 32.1. The maximum absolute atomic E-state index is 14.9.